The van der Waals surface area contributed by atoms with Gasteiger partial charge < -0.3 is 50.2 Å². The lowest BCUT2D eigenvalue weighted by Crippen LogP contribution is -2.58. The number of carbonyl (C=O) groups excluding carboxylic acids is 5. The Hall–Kier alpha value is -6.16. The first-order valence-corrected chi connectivity index (χ1v) is 22.3. The van der Waals surface area contributed by atoms with E-state index in [4.69, 9.17) is 25.4 Å². The lowest BCUT2D eigenvalue weighted by Gasteiger charge is -2.35. The number of alkyl carbamates (subject to hydrolysis) is 1. The molecule has 5 amide bonds. The third kappa shape index (κ3) is 13.2. The van der Waals surface area contributed by atoms with Gasteiger partial charge in [-0.2, -0.15) is 0 Å². The van der Waals surface area contributed by atoms with Gasteiger partial charge in [-0.25, -0.2) is 9.78 Å². The number of hydrogen-bond donors (Lipinski definition) is 5. The summed E-state index contributed by atoms with van der Waals surface area (Å²) in [5, 5.41) is 21.5. The van der Waals surface area contributed by atoms with Crippen LogP contribution in [0.2, 0.25) is 0 Å². The van der Waals surface area contributed by atoms with Gasteiger partial charge in [0.15, 0.2) is 0 Å². The molecule has 1 aliphatic heterocycles. The van der Waals surface area contributed by atoms with E-state index in [2.05, 4.69) is 56.4 Å². The lowest BCUT2D eigenvalue weighted by molar-refractivity contribution is -0.144. The van der Waals surface area contributed by atoms with Gasteiger partial charge in [-0.1, -0.05) is 99.5 Å². The Bertz CT molecular complexity index is 2280. The molecule has 0 radical (unpaired) electrons. The lowest BCUT2D eigenvalue weighted by atomic mass is 9.85. The molecule has 6 rings (SSSR count). The highest BCUT2D eigenvalue weighted by molar-refractivity contribution is 7.13. The van der Waals surface area contributed by atoms with Crippen molar-refractivity contribution in [2.75, 3.05) is 59.3 Å². The molecule has 0 bridgehead atoms. The third-order valence-electron chi connectivity index (χ3n) is 10.9. The number of likely N-dealkylation sites (tertiary alicyclic amines) is 1. The molecule has 17 heteroatoms. The quantitative estimate of drug-likeness (QED) is 0.0602. The maximum absolute atomic E-state index is 14.0. The predicted molar refractivity (Wildman–Crippen MR) is 243 cm³/mol. The second-order valence-electron chi connectivity index (χ2n) is 16.7. The highest BCUT2D eigenvalue weighted by Crippen LogP contribution is 2.44. The average Bonchev–Trinajstić information content (AvgIpc) is 4.02. The van der Waals surface area contributed by atoms with Crippen LogP contribution in [0, 0.1) is 17.8 Å². The summed E-state index contributed by atoms with van der Waals surface area (Å²) in [7, 11) is 0. The number of nitrogens with zero attached hydrogens (tertiary/aromatic N) is 2. The number of rotatable bonds is 21. The second kappa shape index (κ2) is 23.2. The van der Waals surface area contributed by atoms with Gasteiger partial charge in [-0.05, 0) is 38.8 Å². The smallest absolute Gasteiger partial charge is 0.407 e. The minimum atomic E-state index is -1.01. The second-order valence-corrected chi connectivity index (χ2v) is 17.6. The number of fused-ring (bicyclic) bond motifs is 3. The molecule has 3 aromatic carbocycles. The first-order valence-electron chi connectivity index (χ1n) is 21.4. The van der Waals surface area contributed by atoms with Gasteiger partial charge in [0.2, 0.25) is 23.6 Å². The van der Waals surface area contributed by atoms with Gasteiger partial charge in [0, 0.05) is 32.0 Å². The van der Waals surface area contributed by atoms with Crippen molar-refractivity contribution in [1.82, 2.24) is 31.2 Å². The maximum Gasteiger partial charge on any atom is 0.407 e. The third-order valence-corrected chi connectivity index (χ3v) is 11.8. The number of aliphatic hydroxyl groups excluding tert-OH is 1. The molecule has 0 saturated carbocycles. The van der Waals surface area contributed by atoms with Crippen molar-refractivity contribution in [3.8, 4) is 33.9 Å². The number of terminal acetylenes is 1. The summed E-state index contributed by atoms with van der Waals surface area (Å²) in [6, 6.07) is 21.8. The van der Waals surface area contributed by atoms with Crippen LogP contribution >= 0.6 is 11.3 Å². The zero-order chi connectivity index (χ0) is 46.3. The normalized spacial score (nSPS) is 15.9. The minimum absolute atomic E-state index is 0.0385. The van der Waals surface area contributed by atoms with E-state index in [0.717, 1.165) is 38.3 Å². The fraction of sp³-hybridized carbons (Fsp3) is 0.417. The summed E-state index contributed by atoms with van der Waals surface area (Å²) >= 11 is 1.44. The molecule has 0 spiro atoms. The van der Waals surface area contributed by atoms with Crippen LogP contribution in [-0.4, -0.2) is 122 Å². The number of aliphatic hydroxyl groups is 1. The van der Waals surface area contributed by atoms with E-state index in [0.29, 0.717) is 5.69 Å². The summed E-state index contributed by atoms with van der Waals surface area (Å²) in [4.78, 5) is 71.3. The van der Waals surface area contributed by atoms with Crippen molar-refractivity contribution in [1.29, 1.82) is 0 Å². The Kier molecular flexibility index (Phi) is 17.2. The number of hydrogen-bond acceptors (Lipinski definition) is 12. The summed E-state index contributed by atoms with van der Waals surface area (Å²) < 4.78 is 22.1. The number of thiazole rings is 1. The van der Waals surface area contributed by atoms with E-state index in [1.165, 1.54) is 16.2 Å². The minimum Gasteiger partial charge on any atom is -0.449 e. The van der Waals surface area contributed by atoms with Crippen molar-refractivity contribution in [2.45, 2.75) is 64.4 Å². The summed E-state index contributed by atoms with van der Waals surface area (Å²) in [5.74, 6) is 0.539. The first kappa shape index (κ1) is 48.3. The van der Waals surface area contributed by atoms with Gasteiger partial charge in [0.25, 0.3) is 0 Å². The van der Waals surface area contributed by atoms with Crippen molar-refractivity contribution in [2.24, 2.45) is 5.41 Å². The van der Waals surface area contributed by atoms with Crippen LogP contribution in [0.15, 0.2) is 78.3 Å². The summed E-state index contributed by atoms with van der Waals surface area (Å²) in [6.07, 6.45) is 3.75. The molecule has 0 unspecified atom stereocenters. The van der Waals surface area contributed by atoms with E-state index >= 15 is 0 Å². The molecule has 5 N–H and O–H groups in total. The van der Waals surface area contributed by atoms with E-state index < -0.39 is 47.4 Å². The number of β-amino-alcohol motifs (C(OH)–C–C–N with tert-alkyl or cyclic N) is 1. The molecule has 4 aromatic rings. The van der Waals surface area contributed by atoms with Gasteiger partial charge >= 0.3 is 6.09 Å². The summed E-state index contributed by atoms with van der Waals surface area (Å²) in [6.45, 7) is 6.18. The van der Waals surface area contributed by atoms with Gasteiger partial charge in [0.1, 0.15) is 31.9 Å². The molecular formula is C48H56N6O10S. The average molecular weight is 909 g/mol. The fourth-order valence-electron chi connectivity index (χ4n) is 7.71. The van der Waals surface area contributed by atoms with Crippen molar-refractivity contribution in [3.05, 3.63) is 101 Å². The van der Waals surface area contributed by atoms with Crippen LogP contribution in [0.3, 0.4) is 0 Å². The topological polar surface area (TPSA) is 207 Å². The van der Waals surface area contributed by atoms with Crippen LogP contribution in [0.25, 0.3) is 21.6 Å². The van der Waals surface area contributed by atoms with Crippen molar-refractivity contribution >= 4 is 41.1 Å². The molecule has 3 atom stereocenters. The van der Waals surface area contributed by atoms with Gasteiger partial charge in [-0.15, -0.1) is 17.8 Å². The number of benzene rings is 3. The molecule has 344 valence electrons. The largest absolute Gasteiger partial charge is 0.449 e. The molecule has 1 fully saturated rings. The Morgan fingerprint density at radius 2 is 1.55 bits per heavy atom. The first-order chi connectivity index (χ1) is 31.3. The van der Waals surface area contributed by atoms with Gasteiger partial charge in [-0.3, -0.25) is 19.2 Å². The standard InChI is InChI=1S/C48H56N6O10S/c1-5-18-49-41(56)28-63-27-39-43(65-30-52-39)32-16-14-31(15-17-32)24-51-45(58)40-23-33(55)25-54(40)46(59)44(48(2,3)4)53-42(57)29-62-22-21-61-20-19-50-47(60)64-26-38-36-12-8-6-10-34(36)35-11-7-9-13-37(35)38/h1,6-17,30,33,38,40,44,55H,18-29H2,2-4H3,(H,49,56)(H,50,60)(H,51,58)(H,53,57)/t33-,40+,44-/m1/s1. The number of carbonyl (C=O) groups is 5. The Labute approximate surface area is 382 Å². The zero-order valence-corrected chi connectivity index (χ0v) is 37.6. The molecule has 2 aliphatic rings. The summed E-state index contributed by atoms with van der Waals surface area (Å²) in [5.41, 5.74) is 7.90. The predicted octanol–water partition coefficient (Wildman–Crippen LogP) is 3.76. The molecule has 1 aliphatic carbocycles. The van der Waals surface area contributed by atoms with Crippen molar-refractivity contribution in [3.63, 3.8) is 0 Å². The number of amides is 5. The Morgan fingerprint density at radius 3 is 2.25 bits per heavy atom. The van der Waals surface area contributed by atoms with E-state index in [-0.39, 0.29) is 90.7 Å². The SMILES string of the molecule is C#CCNC(=O)COCc1ncsc1-c1ccc(CNC(=O)[C@@H]2C[C@@H](O)CN2C(=O)[C@@H](NC(=O)COCCOCCNC(=O)OCC2c3ccccc3-c3ccccc32)C(C)(C)C)cc1. The highest BCUT2D eigenvalue weighted by Gasteiger charge is 2.44. The van der Waals surface area contributed by atoms with E-state index in [1.807, 2.05) is 48.5 Å². The molecular weight excluding hydrogens is 853 g/mol. The Balaban J connectivity index is 0.887. The highest BCUT2D eigenvalue weighted by atomic mass is 32.1. The van der Waals surface area contributed by atoms with Crippen LogP contribution in [0.4, 0.5) is 4.79 Å². The molecule has 16 nitrogen and oxygen atoms in total. The van der Waals surface area contributed by atoms with Gasteiger partial charge in [0.05, 0.1) is 55.2 Å². The monoisotopic (exact) mass is 908 g/mol. The molecule has 65 heavy (non-hydrogen) atoms. The molecule has 1 aromatic heterocycles. The van der Waals surface area contributed by atoms with Crippen LogP contribution in [-0.2, 0) is 51.3 Å². The number of ether oxygens (including phenoxy) is 4. The molecule has 2 heterocycles. The van der Waals surface area contributed by atoms with Crippen LogP contribution in [0.5, 0.6) is 0 Å². The maximum atomic E-state index is 14.0. The number of aromatic nitrogens is 1. The van der Waals surface area contributed by atoms with E-state index in [1.54, 1.807) is 26.3 Å². The van der Waals surface area contributed by atoms with Crippen LogP contribution < -0.4 is 21.3 Å². The number of nitrogens with one attached hydrogen (secondary N) is 4. The fourth-order valence-corrected chi connectivity index (χ4v) is 8.52. The van der Waals surface area contributed by atoms with Crippen molar-refractivity contribution < 1.29 is 48.0 Å². The molecule has 1 saturated heterocycles. The van der Waals surface area contributed by atoms with E-state index in [9.17, 15) is 29.1 Å². The van der Waals surface area contributed by atoms with Crippen LogP contribution in [0.1, 0.15) is 55.5 Å². The Morgan fingerprint density at radius 1 is 0.877 bits per heavy atom. The zero-order valence-electron chi connectivity index (χ0n) is 36.8.